The van der Waals surface area contributed by atoms with Gasteiger partial charge in [0.05, 0.1) is 27.8 Å². The standard InChI is InChI=1S/C63H42N2O/c1-41-39-44(42-17-3-2-4-18-42)33-37-56(41)64(46-34-31-43(32-35-46)55-40-45-19-5-6-20-47(45)48-21-7-8-22-49(48)55)60-38-36-53(63-62(60)54-26-12-16-30-61(54)66-63)52-25-11-15-29-59(52)65-57-27-13-9-23-50(57)51-24-10-14-28-58(51)65/h2-40H,1H3. The first-order valence-electron chi connectivity index (χ1n) is 22.7. The van der Waals surface area contributed by atoms with Gasteiger partial charge in [-0.25, -0.2) is 0 Å². The monoisotopic (exact) mass is 842 g/mol. The first-order valence-corrected chi connectivity index (χ1v) is 22.7. The fourth-order valence-corrected chi connectivity index (χ4v) is 10.5. The number of para-hydroxylation sites is 4. The van der Waals surface area contributed by atoms with Crippen LogP contribution in [0.15, 0.2) is 241 Å². The van der Waals surface area contributed by atoms with Crippen LogP contribution in [0.2, 0.25) is 0 Å². The van der Waals surface area contributed by atoms with Crippen LogP contribution in [0.4, 0.5) is 17.1 Å². The van der Waals surface area contributed by atoms with E-state index >= 15 is 0 Å². The van der Waals surface area contributed by atoms with E-state index in [1.807, 2.05) is 0 Å². The molecule has 0 unspecified atom stereocenters. The van der Waals surface area contributed by atoms with E-state index in [0.29, 0.717) is 0 Å². The molecule has 13 aromatic rings. The summed E-state index contributed by atoms with van der Waals surface area (Å²) in [5.74, 6) is 0. The van der Waals surface area contributed by atoms with Crippen molar-refractivity contribution < 1.29 is 4.42 Å². The second-order valence-electron chi connectivity index (χ2n) is 17.3. The van der Waals surface area contributed by atoms with Gasteiger partial charge >= 0.3 is 0 Å². The molecule has 0 spiro atoms. The Kier molecular flexibility index (Phi) is 8.75. The van der Waals surface area contributed by atoms with Crippen LogP contribution in [0.5, 0.6) is 0 Å². The quantitative estimate of drug-likeness (QED) is 0.149. The number of anilines is 3. The third kappa shape index (κ3) is 5.98. The third-order valence-electron chi connectivity index (χ3n) is 13.5. The smallest absolute Gasteiger partial charge is 0.145 e. The zero-order chi connectivity index (χ0) is 43.7. The fourth-order valence-electron chi connectivity index (χ4n) is 10.5. The van der Waals surface area contributed by atoms with Crippen LogP contribution in [0, 0.1) is 6.92 Å². The number of aromatic nitrogens is 1. The highest BCUT2D eigenvalue weighted by Gasteiger charge is 2.25. The van der Waals surface area contributed by atoms with Gasteiger partial charge in [-0.2, -0.15) is 0 Å². The molecule has 11 aromatic carbocycles. The lowest BCUT2D eigenvalue weighted by atomic mass is 9.93. The van der Waals surface area contributed by atoms with E-state index in [1.165, 1.54) is 71.2 Å². The molecule has 310 valence electrons. The first-order chi connectivity index (χ1) is 32.7. The van der Waals surface area contributed by atoms with Crippen molar-refractivity contribution in [2.45, 2.75) is 6.92 Å². The van der Waals surface area contributed by atoms with Crippen molar-refractivity contribution in [3.63, 3.8) is 0 Å². The van der Waals surface area contributed by atoms with Gasteiger partial charge in [-0.15, -0.1) is 0 Å². The van der Waals surface area contributed by atoms with Gasteiger partial charge in [-0.05, 0) is 123 Å². The molecule has 0 aliphatic carbocycles. The summed E-state index contributed by atoms with van der Waals surface area (Å²) in [6.45, 7) is 2.23. The molecule has 0 amide bonds. The first kappa shape index (κ1) is 37.9. The summed E-state index contributed by atoms with van der Waals surface area (Å²) in [4.78, 5) is 2.43. The number of rotatable bonds is 7. The minimum Gasteiger partial charge on any atom is -0.455 e. The van der Waals surface area contributed by atoms with Crippen LogP contribution in [0.3, 0.4) is 0 Å². The summed E-state index contributed by atoms with van der Waals surface area (Å²) in [7, 11) is 0. The Morgan fingerprint density at radius 3 is 1.73 bits per heavy atom. The van der Waals surface area contributed by atoms with Crippen LogP contribution in [0.25, 0.3) is 104 Å². The van der Waals surface area contributed by atoms with Gasteiger partial charge in [0.25, 0.3) is 0 Å². The molecule has 3 heteroatoms. The van der Waals surface area contributed by atoms with E-state index in [0.717, 1.165) is 55.8 Å². The summed E-state index contributed by atoms with van der Waals surface area (Å²) in [5.41, 5.74) is 16.4. The maximum Gasteiger partial charge on any atom is 0.145 e. The van der Waals surface area contributed by atoms with Crippen molar-refractivity contribution in [1.82, 2.24) is 4.57 Å². The van der Waals surface area contributed by atoms with Crippen molar-refractivity contribution in [2.75, 3.05) is 4.90 Å². The second-order valence-corrected chi connectivity index (χ2v) is 17.3. The summed E-state index contributed by atoms with van der Waals surface area (Å²) in [6.07, 6.45) is 0. The number of benzene rings is 11. The Hall–Kier alpha value is -8.66. The number of furan rings is 1. The van der Waals surface area contributed by atoms with Gasteiger partial charge in [0.1, 0.15) is 11.2 Å². The predicted octanol–water partition coefficient (Wildman–Crippen LogP) is 17.8. The molecule has 0 atom stereocenters. The molecule has 0 saturated heterocycles. The fraction of sp³-hybridized carbons (Fsp3) is 0.0159. The van der Waals surface area contributed by atoms with Gasteiger partial charge in [0, 0.05) is 38.7 Å². The average Bonchev–Trinajstić information content (AvgIpc) is 3.94. The van der Waals surface area contributed by atoms with Gasteiger partial charge in [-0.3, -0.25) is 0 Å². The lowest BCUT2D eigenvalue weighted by molar-refractivity contribution is 0.670. The zero-order valence-electron chi connectivity index (χ0n) is 36.3. The molecule has 0 fully saturated rings. The van der Waals surface area contributed by atoms with Crippen LogP contribution in [0.1, 0.15) is 5.56 Å². The van der Waals surface area contributed by atoms with Crippen molar-refractivity contribution >= 4 is 82.4 Å². The van der Waals surface area contributed by atoms with Crippen LogP contribution >= 0.6 is 0 Å². The van der Waals surface area contributed by atoms with Gasteiger partial charge in [0.15, 0.2) is 0 Å². The predicted molar refractivity (Wildman–Crippen MR) is 279 cm³/mol. The SMILES string of the molecule is Cc1cc(-c2ccccc2)ccc1N(c1ccc(-c2cc3ccccc3c3ccccc23)cc1)c1ccc(-c2ccccc2-n2c3ccccc3c3ccccc32)c2oc3ccccc3c12. The van der Waals surface area contributed by atoms with E-state index in [1.54, 1.807) is 0 Å². The summed E-state index contributed by atoms with van der Waals surface area (Å²) in [6, 6.07) is 85.6. The topological polar surface area (TPSA) is 21.3 Å². The van der Waals surface area contributed by atoms with Crippen LogP contribution in [-0.4, -0.2) is 4.57 Å². The summed E-state index contributed by atoms with van der Waals surface area (Å²) in [5, 5.41) is 9.62. The van der Waals surface area contributed by atoms with Crippen LogP contribution < -0.4 is 4.90 Å². The zero-order valence-corrected chi connectivity index (χ0v) is 36.3. The number of hydrogen-bond donors (Lipinski definition) is 0. The molecule has 66 heavy (non-hydrogen) atoms. The van der Waals surface area contributed by atoms with E-state index in [2.05, 4.69) is 253 Å². The number of hydrogen-bond acceptors (Lipinski definition) is 2. The van der Waals surface area contributed by atoms with Crippen LogP contribution in [-0.2, 0) is 0 Å². The number of fused-ring (bicyclic) bond motifs is 9. The van der Waals surface area contributed by atoms with E-state index in [4.69, 9.17) is 4.42 Å². The summed E-state index contributed by atoms with van der Waals surface area (Å²) >= 11 is 0. The molecular weight excluding hydrogens is 801 g/mol. The second kappa shape index (κ2) is 15.3. The van der Waals surface area contributed by atoms with E-state index in [-0.39, 0.29) is 0 Å². The van der Waals surface area contributed by atoms with Gasteiger partial charge in [0.2, 0.25) is 0 Å². The van der Waals surface area contributed by atoms with Crippen molar-refractivity contribution in [2.24, 2.45) is 0 Å². The Bertz CT molecular complexity index is 3950. The van der Waals surface area contributed by atoms with E-state index in [9.17, 15) is 0 Å². The molecule has 13 rings (SSSR count). The summed E-state index contributed by atoms with van der Waals surface area (Å²) < 4.78 is 9.48. The highest BCUT2D eigenvalue weighted by Crippen LogP contribution is 2.49. The average molecular weight is 843 g/mol. The van der Waals surface area contributed by atoms with E-state index < -0.39 is 0 Å². The van der Waals surface area contributed by atoms with Crippen molar-refractivity contribution in [1.29, 1.82) is 0 Å². The molecule has 0 aliphatic rings. The molecule has 0 radical (unpaired) electrons. The van der Waals surface area contributed by atoms with Crippen molar-refractivity contribution in [3.8, 4) is 39.1 Å². The lowest BCUT2D eigenvalue weighted by Crippen LogP contribution is -2.12. The molecule has 0 saturated carbocycles. The largest absolute Gasteiger partial charge is 0.455 e. The molecule has 2 aromatic heterocycles. The Labute approximate surface area is 382 Å². The van der Waals surface area contributed by atoms with Crippen molar-refractivity contribution in [3.05, 3.63) is 242 Å². The minimum atomic E-state index is 0.852. The van der Waals surface area contributed by atoms with Gasteiger partial charge < -0.3 is 13.9 Å². The van der Waals surface area contributed by atoms with Gasteiger partial charge in [-0.1, -0.05) is 170 Å². The molecule has 0 aliphatic heterocycles. The maximum atomic E-state index is 7.07. The molecule has 2 heterocycles. The molecule has 3 nitrogen and oxygen atoms in total. The molecule has 0 N–H and O–H groups in total. The Morgan fingerprint density at radius 2 is 0.970 bits per heavy atom. The highest BCUT2D eigenvalue weighted by atomic mass is 16.3. The molecule has 0 bridgehead atoms. The third-order valence-corrected chi connectivity index (χ3v) is 13.5. The number of aryl methyl sites for hydroxylation is 1. The highest BCUT2D eigenvalue weighted by molar-refractivity contribution is 6.18. The lowest BCUT2D eigenvalue weighted by Gasteiger charge is -2.29. The molecular formula is C63H42N2O. The normalized spacial score (nSPS) is 11.7. The maximum absolute atomic E-state index is 7.07. The minimum absolute atomic E-state index is 0.852. The Morgan fingerprint density at radius 1 is 0.379 bits per heavy atom. The number of nitrogens with zero attached hydrogens (tertiary/aromatic N) is 2. The Balaban J connectivity index is 1.04.